The van der Waals surface area contributed by atoms with Crippen LogP contribution in [0.5, 0.6) is 0 Å². The van der Waals surface area contributed by atoms with E-state index in [2.05, 4.69) is 15.6 Å². The van der Waals surface area contributed by atoms with Gasteiger partial charge in [0, 0.05) is 23.6 Å². The third-order valence-corrected chi connectivity index (χ3v) is 3.55. The number of hydrogen-bond donors (Lipinski definition) is 2. The Morgan fingerprint density at radius 2 is 2.05 bits per heavy atom. The van der Waals surface area contributed by atoms with Crippen LogP contribution in [0.2, 0.25) is 0 Å². The van der Waals surface area contributed by atoms with Crippen molar-refractivity contribution in [1.82, 2.24) is 10.3 Å². The number of pyridine rings is 1. The lowest BCUT2D eigenvalue weighted by Crippen LogP contribution is -2.26. The minimum absolute atomic E-state index is 0.0345. The summed E-state index contributed by atoms with van der Waals surface area (Å²) in [4.78, 5) is 27.6. The number of fused-ring (bicyclic) bond motifs is 1. The van der Waals surface area contributed by atoms with Gasteiger partial charge in [-0.15, -0.1) is 0 Å². The van der Waals surface area contributed by atoms with Crippen LogP contribution in [0.1, 0.15) is 34.5 Å². The number of rotatable bonds is 3. The Hall–Kier alpha value is -2.69. The van der Waals surface area contributed by atoms with Gasteiger partial charge in [-0.3, -0.25) is 14.6 Å². The number of amides is 2. The Morgan fingerprint density at radius 1 is 1.29 bits per heavy atom. The molecule has 2 N–H and O–H groups in total. The first-order valence-electron chi connectivity index (χ1n) is 6.77. The molecule has 1 aromatic carbocycles. The maximum atomic E-state index is 12.3. The van der Waals surface area contributed by atoms with E-state index >= 15 is 0 Å². The third kappa shape index (κ3) is 2.76. The van der Waals surface area contributed by atoms with E-state index in [1.54, 1.807) is 24.5 Å². The number of carbonyl (C=O) groups excluding carboxylic acids is 2. The van der Waals surface area contributed by atoms with Crippen molar-refractivity contribution >= 4 is 17.5 Å². The second kappa shape index (κ2) is 5.36. The monoisotopic (exact) mass is 281 g/mol. The summed E-state index contributed by atoms with van der Waals surface area (Å²) in [7, 11) is 0. The van der Waals surface area contributed by atoms with E-state index in [9.17, 15) is 9.59 Å². The maximum Gasteiger partial charge on any atom is 0.251 e. The van der Waals surface area contributed by atoms with E-state index in [4.69, 9.17) is 0 Å². The fraction of sp³-hybridized carbons (Fsp3) is 0.188. The molecule has 0 aliphatic carbocycles. The molecule has 3 rings (SSSR count). The second-order valence-corrected chi connectivity index (χ2v) is 5.07. The Morgan fingerprint density at radius 3 is 2.81 bits per heavy atom. The lowest BCUT2D eigenvalue weighted by molar-refractivity contribution is -0.115. The molecule has 0 saturated carbocycles. The summed E-state index contributed by atoms with van der Waals surface area (Å²) in [5, 5.41) is 5.69. The van der Waals surface area contributed by atoms with Gasteiger partial charge in [-0.2, -0.15) is 0 Å². The average Bonchev–Trinajstić information content (AvgIpc) is 2.87. The van der Waals surface area contributed by atoms with Crippen LogP contribution in [-0.2, 0) is 11.2 Å². The molecule has 1 atom stereocenters. The van der Waals surface area contributed by atoms with Crippen LogP contribution in [0.15, 0.2) is 42.7 Å². The van der Waals surface area contributed by atoms with Crippen molar-refractivity contribution < 1.29 is 9.59 Å². The summed E-state index contributed by atoms with van der Waals surface area (Å²) in [6, 6.07) is 8.91. The van der Waals surface area contributed by atoms with E-state index in [0.717, 1.165) is 16.8 Å². The predicted molar refractivity (Wildman–Crippen MR) is 78.9 cm³/mol. The van der Waals surface area contributed by atoms with Crippen molar-refractivity contribution in [3.63, 3.8) is 0 Å². The molecule has 1 unspecified atom stereocenters. The van der Waals surface area contributed by atoms with Gasteiger partial charge in [0.15, 0.2) is 0 Å². The summed E-state index contributed by atoms with van der Waals surface area (Å²) >= 11 is 0. The minimum Gasteiger partial charge on any atom is -0.346 e. The van der Waals surface area contributed by atoms with Crippen LogP contribution in [0.25, 0.3) is 0 Å². The van der Waals surface area contributed by atoms with Gasteiger partial charge in [-0.1, -0.05) is 6.07 Å². The summed E-state index contributed by atoms with van der Waals surface area (Å²) in [6.45, 7) is 1.92. The third-order valence-electron chi connectivity index (χ3n) is 3.55. The minimum atomic E-state index is -0.164. The van der Waals surface area contributed by atoms with Crippen LogP contribution in [0.4, 0.5) is 5.69 Å². The number of anilines is 1. The lowest BCUT2D eigenvalue weighted by atomic mass is 10.1. The smallest absolute Gasteiger partial charge is 0.251 e. The summed E-state index contributed by atoms with van der Waals surface area (Å²) in [5.74, 6) is -0.198. The van der Waals surface area contributed by atoms with Gasteiger partial charge in [-0.25, -0.2) is 0 Å². The molecule has 2 heterocycles. The van der Waals surface area contributed by atoms with Crippen LogP contribution in [-0.4, -0.2) is 16.8 Å². The van der Waals surface area contributed by atoms with Gasteiger partial charge in [0.1, 0.15) is 0 Å². The highest BCUT2D eigenvalue weighted by Crippen LogP contribution is 2.24. The average molecular weight is 281 g/mol. The molecule has 1 aliphatic rings. The Bertz CT molecular complexity index is 698. The highest BCUT2D eigenvalue weighted by molar-refractivity contribution is 6.02. The first-order chi connectivity index (χ1) is 10.1. The molecule has 0 spiro atoms. The van der Waals surface area contributed by atoms with E-state index in [-0.39, 0.29) is 17.9 Å². The Balaban J connectivity index is 1.74. The lowest BCUT2D eigenvalue weighted by Gasteiger charge is -2.14. The zero-order valence-electron chi connectivity index (χ0n) is 11.6. The molecule has 5 nitrogen and oxygen atoms in total. The first-order valence-corrected chi connectivity index (χ1v) is 6.77. The van der Waals surface area contributed by atoms with Gasteiger partial charge >= 0.3 is 0 Å². The van der Waals surface area contributed by atoms with Crippen molar-refractivity contribution in [2.75, 3.05) is 5.32 Å². The number of nitrogens with zero attached hydrogens (tertiary/aromatic N) is 1. The van der Waals surface area contributed by atoms with Gasteiger partial charge in [0.25, 0.3) is 5.91 Å². The molecule has 0 radical (unpaired) electrons. The zero-order chi connectivity index (χ0) is 14.8. The van der Waals surface area contributed by atoms with Gasteiger partial charge < -0.3 is 10.6 Å². The SMILES string of the molecule is CC(NC(=O)c1ccc2c(c1)NC(=O)C2)c1ccncc1. The molecule has 106 valence electrons. The number of hydrogen-bond acceptors (Lipinski definition) is 3. The molecule has 0 bridgehead atoms. The zero-order valence-corrected chi connectivity index (χ0v) is 11.6. The van der Waals surface area contributed by atoms with Crippen molar-refractivity contribution in [2.45, 2.75) is 19.4 Å². The first kappa shape index (κ1) is 13.3. The molecular weight excluding hydrogens is 266 g/mol. The second-order valence-electron chi connectivity index (χ2n) is 5.07. The summed E-state index contributed by atoms with van der Waals surface area (Å²) in [5.41, 5.74) is 3.19. The number of aromatic nitrogens is 1. The normalized spacial score (nSPS) is 14.2. The van der Waals surface area contributed by atoms with Crippen molar-refractivity contribution in [2.24, 2.45) is 0 Å². The molecule has 2 amide bonds. The topological polar surface area (TPSA) is 71.1 Å². The van der Waals surface area contributed by atoms with Gasteiger partial charge in [-0.05, 0) is 42.3 Å². The van der Waals surface area contributed by atoms with E-state index in [1.165, 1.54) is 0 Å². The largest absolute Gasteiger partial charge is 0.346 e. The van der Waals surface area contributed by atoms with Gasteiger partial charge in [0.2, 0.25) is 5.91 Å². The fourth-order valence-electron chi connectivity index (χ4n) is 2.37. The van der Waals surface area contributed by atoms with Crippen molar-refractivity contribution in [3.8, 4) is 0 Å². The molecule has 21 heavy (non-hydrogen) atoms. The van der Waals surface area contributed by atoms with Crippen molar-refractivity contribution in [3.05, 3.63) is 59.4 Å². The molecule has 1 aromatic heterocycles. The van der Waals surface area contributed by atoms with Crippen LogP contribution in [0, 0.1) is 0 Å². The van der Waals surface area contributed by atoms with Crippen LogP contribution in [0.3, 0.4) is 0 Å². The molecular formula is C16H15N3O2. The van der Waals surface area contributed by atoms with Gasteiger partial charge in [0.05, 0.1) is 12.5 Å². The summed E-state index contributed by atoms with van der Waals surface area (Å²) in [6.07, 6.45) is 3.77. The fourth-order valence-corrected chi connectivity index (χ4v) is 2.37. The number of nitrogens with one attached hydrogen (secondary N) is 2. The molecule has 0 fully saturated rings. The predicted octanol–water partition coefficient (Wildman–Crippen LogP) is 2.07. The molecule has 2 aromatic rings. The number of carbonyl (C=O) groups is 2. The number of benzene rings is 1. The van der Waals surface area contributed by atoms with E-state index < -0.39 is 0 Å². The highest BCUT2D eigenvalue weighted by atomic mass is 16.2. The highest BCUT2D eigenvalue weighted by Gasteiger charge is 2.19. The molecule has 1 aliphatic heterocycles. The molecule has 5 heteroatoms. The Kier molecular flexibility index (Phi) is 3.39. The standard InChI is InChI=1S/C16H15N3O2/c1-10(11-4-6-17-7-5-11)18-16(21)13-3-2-12-9-15(20)19-14(12)8-13/h2-8,10H,9H2,1H3,(H,18,21)(H,19,20). The summed E-state index contributed by atoms with van der Waals surface area (Å²) < 4.78 is 0. The van der Waals surface area contributed by atoms with E-state index in [1.807, 2.05) is 25.1 Å². The molecule has 0 saturated heterocycles. The van der Waals surface area contributed by atoms with E-state index in [0.29, 0.717) is 12.0 Å². The van der Waals surface area contributed by atoms with Crippen molar-refractivity contribution in [1.29, 1.82) is 0 Å². The Labute approximate surface area is 122 Å². The maximum absolute atomic E-state index is 12.3. The van der Waals surface area contributed by atoms with Crippen LogP contribution < -0.4 is 10.6 Å². The quantitative estimate of drug-likeness (QED) is 0.904. The van der Waals surface area contributed by atoms with Crippen LogP contribution >= 0.6 is 0 Å².